The summed E-state index contributed by atoms with van der Waals surface area (Å²) in [6, 6.07) is 0. The summed E-state index contributed by atoms with van der Waals surface area (Å²) < 4.78 is 33.4. The summed E-state index contributed by atoms with van der Waals surface area (Å²) in [6.07, 6.45) is 28.0. The van der Waals surface area contributed by atoms with Crippen LogP contribution in [0.4, 0.5) is 0 Å². The molecule has 0 aliphatic heterocycles. The Bertz CT molecular complexity index is 1330. The van der Waals surface area contributed by atoms with Gasteiger partial charge >= 0.3 is 19.8 Å². The van der Waals surface area contributed by atoms with E-state index in [0.29, 0.717) is 25.7 Å². The highest BCUT2D eigenvalue weighted by atomic mass is 31.2. The van der Waals surface area contributed by atoms with Crippen LogP contribution in [0.1, 0.15) is 162 Å². The van der Waals surface area contributed by atoms with E-state index in [0.717, 1.165) is 44.9 Å². The Hall–Kier alpha value is -2.49. The number of phosphoric acid groups is 1. The van der Waals surface area contributed by atoms with E-state index in [1.165, 1.54) is 64.2 Å². The topological polar surface area (TPSA) is 230 Å². The first-order valence-corrected chi connectivity index (χ1v) is 24.7. The molecule has 0 aromatic heterocycles. The third kappa shape index (κ3) is 29.1. The first-order valence-electron chi connectivity index (χ1n) is 23.2. The fraction of sp³-hybridized carbons (Fsp3) is 0.745. The molecule has 0 spiro atoms. The van der Waals surface area contributed by atoms with Gasteiger partial charge in [0.1, 0.15) is 43.2 Å². The number of aliphatic hydroxyl groups excluding tert-OH is 6. The summed E-state index contributed by atoms with van der Waals surface area (Å²) in [5, 5.41) is 59.6. The largest absolute Gasteiger partial charge is 0.472 e. The van der Waals surface area contributed by atoms with Crippen LogP contribution in [0.2, 0.25) is 0 Å². The van der Waals surface area contributed by atoms with Crippen LogP contribution >= 0.6 is 7.82 Å². The van der Waals surface area contributed by atoms with E-state index in [-0.39, 0.29) is 12.8 Å². The number of rotatable bonds is 37. The Labute approximate surface area is 371 Å². The Morgan fingerprint density at radius 1 is 0.581 bits per heavy atom. The van der Waals surface area contributed by atoms with E-state index in [4.69, 9.17) is 18.5 Å². The number of carbonyl (C=O) groups excluding carboxylic acids is 2. The van der Waals surface area contributed by atoms with Gasteiger partial charge in [-0.15, -0.1) is 0 Å². The lowest BCUT2D eigenvalue weighted by molar-refractivity contribution is -0.220. The Morgan fingerprint density at radius 2 is 1.05 bits per heavy atom. The van der Waals surface area contributed by atoms with Gasteiger partial charge in [0.25, 0.3) is 0 Å². The van der Waals surface area contributed by atoms with E-state index in [9.17, 15) is 49.7 Å². The van der Waals surface area contributed by atoms with Gasteiger partial charge in [-0.3, -0.25) is 18.6 Å². The fourth-order valence-corrected chi connectivity index (χ4v) is 7.60. The molecule has 0 aromatic carbocycles. The molecule has 15 heteroatoms. The smallest absolute Gasteiger partial charge is 0.462 e. The number of phosphoric ester groups is 1. The van der Waals surface area contributed by atoms with E-state index in [1.54, 1.807) is 6.08 Å². The predicted octanol–water partition coefficient (Wildman–Crippen LogP) is 7.92. The molecule has 0 saturated heterocycles. The highest BCUT2D eigenvalue weighted by Gasteiger charge is 2.51. The summed E-state index contributed by atoms with van der Waals surface area (Å²) in [4.78, 5) is 35.7. The Morgan fingerprint density at radius 3 is 1.58 bits per heavy atom. The Kier molecular flexibility index (Phi) is 34.2. The summed E-state index contributed by atoms with van der Waals surface area (Å²) in [6.45, 7) is 2.92. The molecule has 358 valence electrons. The first kappa shape index (κ1) is 57.5. The molecule has 9 atom stereocenters. The van der Waals surface area contributed by atoms with Gasteiger partial charge in [0.15, 0.2) is 6.10 Å². The van der Waals surface area contributed by atoms with Gasteiger partial charge in [-0.05, 0) is 44.9 Å². The van der Waals surface area contributed by atoms with Crippen LogP contribution in [-0.4, -0.2) is 110 Å². The van der Waals surface area contributed by atoms with Gasteiger partial charge in [0.2, 0.25) is 0 Å². The lowest BCUT2D eigenvalue weighted by atomic mass is 9.85. The minimum Gasteiger partial charge on any atom is -0.462 e. The predicted molar refractivity (Wildman–Crippen MR) is 241 cm³/mol. The van der Waals surface area contributed by atoms with Crippen molar-refractivity contribution in [2.75, 3.05) is 13.2 Å². The third-order valence-electron chi connectivity index (χ3n) is 10.5. The molecule has 1 saturated carbocycles. The average molecular weight is 901 g/mol. The number of ether oxygens (including phenoxy) is 2. The highest BCUT2D eigenvalue weighted by Crippen LogP contribution is 2.47. The van der Waals surface area contributed by atoms with Crippen LogP contribution in [-0.2, 0) is 32.7 Å². The van der Waals surface area contributed by atoms with Crippen LogP contribution in [0.15, 0.2) is 60.8 Å². The van der Waals surface area contributed by atoms with Gasteiger partial charge in [-0.25, -0.2) is 4.57 Å². The second-order valence-electron chi connectivity index (χ2n) is 16.1. The van der Waals surface area contributed by atoms with Crippen molar-refractivity contribution in [1.29, 1.82) is 0 Å². The summed E-state index contributed by atoms with van der Waals surface area (Å²) in [7, 11) is -5.14. The number of hydrogen-bond donors (Lipinski definition) is 7. The number of hydrogen-bond acceptors (Lipinski definition) is 13. The zero-order valence-corrected chi connectivity index (χ0v) is 38.4. The van der Waals surface area contributed by atoms with Gasteiger partial charge in [0, 0.05) is 12.8 Å². The molecule has 0 amide bonds. The lowest BCUT2D eigenvalue weighted by Crippen LogP contribution is -2.64. The minimum absolute atomic E-state index is 0.0740. The number of unbranched alkanes of at least 4 members (excludes halogenated alkanes) is 15. The van der Waals surface area contributed by atoms with E-state index in [2.05, 4.69) is 31.2 Å². The zero-order chi connectivity index (χ0) is 45.9. The molecule has 62 heavy (non-hydrogen) atoms. The molecule has 14 nitrogen and oxygen atoms in total. The van der Waals surface area contributed by atoms with Crippen molar-refractivity contribution in [1.82, 2.24) is 0 Å². The summed E-state index contributed by atoms with van der Waals surface area (Å²) in [5.74, 6) is -1.19. The lowest BCUT2D eigenvalue weighted by Gasteiger charge is -2.41. The maximum Gasteiger partial charge on any atom is 0.472 e. The molecule has 7 N–H and O–H groups in total. The zero-order valence-electron chi connectivity index (χ0n) is 37.5. The monoisotopic (exact) mass is 901 g/mol. The number of carbonyl (C=O) groups is 2. The van der Waals surface area contributed by atoms with Crippen molar-refractivity contribution in [3.05, 3.63) is 60.8 Å². The summed E-state index contributed by atoms with van der Waals surface area (Å²) in [5.41, 5.74) is 0. The van der Waals surface area contributed by atoms with Crippen molar-refractivity contribution < 1.29 is 68.2 Å². The molecule has 1 rings (SSSR count). The van der Waals surface area contributed by atoms with E-state index >= 15 is 0 Å². The summed E-state index contributed by atoms with van der Waals surface area (Å²) >= 11 is 0. The van der Waals surface area contributed by atoms with Crippen LogP contribution in [0, 0.1) is 0 Å². The highest BCUT2D eigenvalue weighted by molar-refractivity contribution is 7.47. The molecular formula is C47H81O14P. The molecule has 0 heterocycles. The number of esters is 2. The van der Waals surface area contributed by atoms with Crippen LogP contribution in [0.5, 0.6) is 0 Å². The standard InChI is InChI=1S/C47H81O14P/c1-3-5-6-7-8-9-10-11-12-17-20-23-26-29-32-35-41(50)60-39(37-59-62(56,57)61-47-45(54)43(52)42(51)44(53)46(47)55)36-58-40(49)34-31-28-25-22-19-16-14-13-15-18-21-24-27-30-33-38(48)4-2/h14-16,18,22,24-25,27,30,33,38-39,42-48,51-55H,3-13,17,19-21,23,26,28-29,31-32,34-37H2,1-2H3,(H,56,57)/b16-14-,18-15-,25-22-,27-24-,33-30+/t38-,39+,42?,43-,44+,45+,46+,47?/m0/s1. The van der Waals surface area contributed by atoms with E-state index in [1.807, 2.05) is 37.3 Å². The van der Waals surface area contributed by atoms with Crippen molar-refractivity contribution >= 4 is 19.8 Å². The second-order valence-corrected chi connectivity index (χ2v) is 17.5. The Balaban J connectivity index is 2.50. The van der Waals surface area contributed by atoms with Gasteiger partial charge in [-0.1, -0.05) is 164 Å². The van der Waals surface area contributed by atoms with Crippen molar-refractivity contribution in [3.8, 4) is 0 Å². The molecule has 3 unspecified atom stereocenters. The van der Waals surface area contributed by atoms with Crippen molar-refractivity contribution in [2.24, 2.45) is 0 Å². The van der Waals surface area contributed by atoms with Gasteiger partial charge < -0.3 is 45.0 Å². The van der Waals surface area contributed by atoms with Crippen LogP contribution in [0.3, 0.4) is 0 Å². The number of aliphatic hydroxyl groups is 6. The first-order chi connectivity index (χ1) is 29.8. The average Bonchev–Trinajstić information content (AvgIpc) is 3.25. The van der Waals surface area contributed by atoms with Crippen LogP contribution < -0.4 is 0 Å². The number of allylic oxidation sites excluding steroid dienone is 9. The van der Waals surface area contributed by atoms with Crippen LogP contribution in [0.25, 0.3) is 0 Å². The molecule has 0 bridgehead atoms. The van der Waals surface area contributed by atoms with Crippen molar-refractivity contribution in [2.45, 2.75) is 210 Å². The molecule has 0 aromatic rings. The normalized spacial score (nSPS) is 22.9. The fourth-order valence-electron chi connectivity index (χ4n) is 6.63. The quantitative estimate of drug-likeness (QED) is 0.0103. The molecule has 0 radical (unpaired) electrons. The maximum absolute atomic E-state index is 12.8. The molecule has 1 aliphatic rings. The van der Waals surface area contributed by atoms with Gasteiger partial charge in [0.05, 0.1) is 12.7 Å². The maximum atomic E-state index is 12.8. The minimum atomic E-state index is -5.14. The molecule has 1 aliphatic carbocycles. The van der Waals surface area contributed by atoms with E-state index < -0.39 is 81.8 Å². The third-order valence-corrected chi connectivity index (χ3v) is 11.5. The van der Waals surface area contributed by atoms with Gasteiger partial charge in [-0.2, -0.15) is 0 Å². The molecule has 1 fully saturated rings. The second kappa shape index (κ2) is 36.8. The SMILES string of the molecule is CCCCCCCCCCCCCCCCCC(=O)O[C@H](COC(=O)CCC/C=C\C/C=C\C/C=C\C/C=C\C=C\[C@@H](O)CC)COP(=O)(O)OC1[C@H](O)[C@H](O)C(O)[C@H](O)[C@H]1O. The molecular weight excluding hydrogens is 819 g/mol. The van der Waals surface area contributed by atoms with Crippen molar-refractivity contribution in [3.63, 3.8) is 0 Å².